The smallest absolute Gasteiger partial charge is 0.294 e. The Balaban J connectivity index is 1.72. The zero-order chi connectivity index (χ0) is 21.7. The van der Waals surface area contributed by atoms with Crippen LogP contribution < -0.4 is 14.4 Å². The standard InChI is InChI=1S/C21H24ClN3O5/c1-3-29-19-8-5-15(13-20(19)30-4-2)21(26)24-11-9-23(10-12-24)17-7-6-16(22)14-18(17)25(27)28/h5-8,13-14H,3-4,9-12H2,1-2H3. The highest BCUT2D eigenvalue weighted by atomic mass is 35.5. The molecule has 2 aromatic carbocycles. The summed E-state index contributed by atoms with van der Waals surface area (Å²) in [5.41, 5.74) is 0.999. The molecule has 1 fully saturated rings. The number of nitro benzene ring substituents is 1. The summed E-state index contributed by atoms with van der Waals surface area (Å²) in [7, 11) is 0. The molecule has 9 heteroatoms. The highest BCUT2D eigenvalue weighted by molar-refractivity contribution is 6.30. The maximum absolute atomic E-state index is 13.0. The van der Waals surface area contributed by atoms with Crippen molar-refractivity contribution >= 4 is 28.9 Å². The first-order valence-corrected chi connectivity index (χ1v) is 10.2. The van der Waals surface area contributed by atoms with Crippen molar-refractivity contribution < 1.29 is 19.2 Å². The summed E-state index contributed by atoms with van der Waals surface area (Å²) in [5, 5.41) is 11.7. The summed E-state index contributed by atoms with van der Waals surface area (Å²) >= 11 is 5.90. The van der Waals surface area contributed by atoms with Gasteiger partial charge in [-0.15, -0.1) is 0 Å². The van der Waals surface area contributed by atoms with E-state index < -0.39 is 4.92 Å². The van der Waals surface area contributed by atoms with Gasteiger partial charge in [0.15, 0.2) is 11.5 Å². The molecule has 1 heterocycles. The van der Waals surface area contributed by atoms with Crippen LogP contribution in [0.2, 0.25) is 5.02 Å². The maximum atomic E-state index is 13.0. The molecule has 0 unspecified atom stereocenters. The average Bonchev–Trinajstić information content (AvgIpc) is 2.75. The molecule has 2 aromatic rings. The Morgan fingerprint density at radius 3 is 2.33 bits per heavy atom. The number of ether oxygens (including phenoxy) is 2. The van der Waals surface area contributed by atoms with Crippen LogP contribution >= 0.6 is 11.6 Å². The number of nitro groups is 1. The second-order valence-corrected chi connectivity index (χ2v) is 7.13. The van der Waals surface area contributed by atoms with Gasteiger partial charge >= 0.3 is 0 Å². The Bertz CT molecular complexity index is 929. The molecule has 1 aliphatic rings. The van der Waals surface area contributed by atoms with Gasteiger partial charge in [-0.05, 0) is 44.2 Å². The largest absolute Gasteiger partial charge is 0.490 e. The molecule has 30 heavy (non-hydrogen) atoms. The molecule has 8 nitrogen and oxygen atoms in total. The van der Waals surface area contributed by atoms with Gasteiger partial charge in [-0.2, -0.15) is 0 Å². The Hall–Kier alpha value is -3.00. The van der Waals surface area contributed by atoms with Crippen molar-refractivity contribution in [3.8, 4) is 11.5 Å². The minimum Gasteiger partial charge on any atom is -0.490 e. The van der Waals surface area contributed by atoms with E-state index in [4.69, 9.17) is 21.1 Å². The van der Waals surface area contributed by atoms with Gasteiger partial charge in [0, 0.05) is 42.8 Å². The van der Waals surface area contributed by atoms with Crippen molar-refractivity contribution in [3.05, 3.63) is 57.1 Å². The second kappa shape index (κ2) is 9.67. The first kappa shape index (κ1) is 21.7. The third-order valence-electron chi connectivity index (χ3n) is 4.83. The number of piperazine rings is 1. The van der Waals surface area contributed by atoms with Crippen LogP contribution in [0.1, 0.15) is 24.2 Å². The van der Waals surface area contributed by atoms with Gasteiger partial charge in [-0.25, -0.2) is 0 Å². The SMILES string of the molecule is CCOc1ccc(C(=O)N2CCN(c3ccc(Cl)cc3[N+](=O)[O-])CC2)cc1OCC. The number of hydrogen-bond donors (Lipinski definition) is 0. The number of anilines is 1. The van der Waals surface area contributed by atoms with Crippen molar-refractivity contribution in [2.45, 2.75) is 13.8 Å². The van der Waals surface area contributed by atoms with Crippen LogP contribution in [0.3, 0.4) is 0 Å². The van der Waals surface area contributed by atoms with E-state index in [1.807, 2.05) is 18.7 Å². The van der Waals surface area contributed by atoms with E-state index in [9.17, 15) is 14.9 Å². The first-order chi connectivity index (χ1) is 14.4. The summed E-state index contributed by atoms with van der Waals surface area (Å²) < 4.78 is 11.2. The van der Waals surface area contributed by atoms with E-state index in [1.54, 1.807) is 35.2 Å². The third kappa shape index (κ3) is 4.76. The van der Waals surface area contributed by atoms with Gasteiger partial charge in [0.1, 0.15) is 5.69 Å². The zero-order valence-corrected chi connectivity index (χ0v) is 17.7. The van der Waals surface area contributed by atoms with Gasteiger partial charge in [0.05, 0.1) is 18.1 Å². The number of carbonyl (C=O) groups excluding carboxylic acids is 1. The van der Waals surface area contributed by atoms with Gasteiger partial charge in [-0.1, -0.05) is 11.6 Å². The molecule has 1 aliphatic heterocycles. The van der Waals surface area contributed by atoms with E-state index in [-0.39, 0.29) is 11.6 Å². The van der Waals surface area contributed by atoms with E-state index in [0.29, 0.717) is 67.2 Å². The predicted octanol–water partition coefficient (Wildman–Crippen LogP) is 4.01. The molecule has 0 aliphatic carbocycles. The molecule has 160 valence electrons. The number of halogens is 1. The van der Waals surface area contributed by atoms with Crippen molar-refractivity contribution in [2.75, 3.05) is 44.3 Å². The number of carbonyl (C=O) groups is 1. The first-order valence-electron chi connectivity index (χ1n) is 9.82. The van der Waals surface area contributed by atoms with Gasteiger partial charge < -0.3 is 19.3 Å². The number of nitrogens with zero attached hydrogens (tertiary/aromatic N) is 3. The lowest BCUT2D eigenvalue weighted by atomic mass is 10.1. The fourth-order valence-corrected chi connectivity index (χ4v) is 3.59. The Kier molecular flexibility index (Phi) is 6.99. The number of rotatable bonds is 7. The molecular weight excluding hydrogens is 410 g/mol. The molecule has 0 bridgehead atoms. The minimum atomic E-state index is -0.437. The van der Waals surface area contributed by atoms with Crippen LogP contribution in [0.4, 0.5) is 11.4 Å². The molecule has 0 radical (unpaired) electrons. The molecule has 0 spiro atoms. The summed E-state index contributed by atoms with van der Waals surface area (Å²) in [6.07, 6.45) is 0. The minimum absolute atomic E-state index is 0.0323. The number of hydrogen-bond acceptors (Lipinski definition) is 6. The lowest BCUT2D eigenvalue weighted by Gasteiger charge is -2.36. The lowest BCUT2D eigenvalue weighted by Crippen LogP contribution is -2.49. The van der Waals surface area contributed by atoms with Crippen LogP contribution in [0.25, 0.3) is 0 Å². The van der Waals surface area contributed by atoms with Crippen LogP contribution in [-0.4, -0.2) is 55.1 Å². The van der Waals surface area contributed by atoms with Crippen LogP contribution in [0, 0.1) is 10.1 Å². The van der Waals surface area contributed by atoms with Crippen LogP contribution in [0.15, 0.2) is 36.4 Å². The Morgan fingerprint density at radius 1 is 1.03 bits per heavy atom. The molecule has 1 amide bonds. The van der Waals surface area contributed by atoms with E-state index in [1.165, 1.54) is 6.07 Å². The summed E-state index contributed by atoms with van der Waals surface area (Å²) in [5.74, 6) is 1.04. The highest BCUT2D eigenvalue weighted by Crippen LogP contribution is 2.32. The third-order valence-corrected chi connectivity index (χ3v) is 5.07. The van der Waals surface area contributed by atoms with Crippen LogP contribution in [-0.2, 0) is 0 Å². The maximum Gasteiger partial charge on any atom is 0.294 e. The second-order valence-electron chi connectivity index (χ2n) is 6.70. The number of amides is 1. The predicted molar refractivity (Wildman–Crippen MR) is 115 cm³/mol. The van der Waals surface area contributed by atoms with Gasteiger partial charge in [0.25, 0.3) is 11.6 Å². The van der Waals surface area contributed by atoms with E-state index in [2.05, 4.69) is 0 Å². The average molecular weight is 434 g/mol. The fourth-order valence-electron chi connectivity index (χ4n) is 3.43. The fraction of sp³-hybridized carbons (Fsp3) is 0.381. The Labute approximate surface area is 180 Å². The quantitative estimate of drug-likeness (QED) is 0.484. The molecule has 0 aromatic heterocycles. The normalized spacial score (nSPS) is 13.8. The Morgan fingerprint density at radius 2 is 1.70 bits per heavy atom. The molecular formula is C21H24ClN3O5. The molecule has 1 saturated heterocycles. The monoisotopic (exact) mass is 433 g/mol. The van der Waals surface area contributed by atoms with Gasteiger partial charge in [0.2, 0.25) is 0 Å². The van der Waals surface area contributed by atoms with Crippen LogP contribution in [0.5, 0.6) is 11.5 Å². The van der Waals surface area contributed by atoms with Crippen molar-refractivity contribution in [2.24, 2.45) is 0 Å². The van der Waals surface area contributed by atoms with Gasteiger partial charge in [-0.3, -0.25) is 14.9 Å². The van der Waals surface area contributed by atoms with Crippen molar-refractivity contribution in [1.29, 1.82) is 0 Å². The molecule has 3 rings (SSSR count). The zero-order valence-electron chi connectivity index (χ0n) is 17.0. The van der Waals surface area contributed by atoms with E-state index in [0.717, 1.165) is 0 Å². The summed E-state index contributed by atoms with van der Waals surface area (Å²) in [6, 6.07) is 9.81. The molecule has 0 atom stereocenters. The summed E-state index contributed by atoms with van der Waals surface area (Å²) in [4.78, 5) is 27.5. The summed E-state index contributed by atoms with van der Waals surface area (Å²) in [6.45, 7) is 6.62. The molecule has 0 saturated carbocycles. The van der Waals surface area contributed by atoms with Crippen molar-refractivity contribution in [3.63, 3.8) is 0 Å². The highest BCUT2D eigenvalue weighted by Gasteiger charge is 2.27. The van der Waals surface area contributed by atoms with E-state index >= 15 is 0 Å². The number of benzene rings is 2. The molecule has 0 N–H and O–H groups in total. The van der Waals surface area contributed by atoms with Crippen molar-refractivity contribution in [1.82, 2.24) is 4.90 Å². The topological polar surface area (TPSA) is 85.2 Å². The lowest BCUT2D eigenvalue weighted by molar-refractivity contribution is -0.384.